The monoisotopic (exact) mass is 313 g/mol. The molecule has 2 N–H and O–H groups in total. The average Bonchev–Trinajstić information content (AvgIpc) is 3.05. The van der Waals surface area contributed by atoms with E-state index in [2.05, 4.69) is 10.9 Å². The van der Waals surface area contributed by atoms with E-state index in [0.29, 0.717) is 13.1 Å². The zero-order valence-electron chi connectivity index (χ0n) is 13.0. The summed E-state index contributed by atoms with van der Waals surface area (Å²) >= 11 is 0. The molecular formula is C18H20FN3O. The molecule has 0 bridgehead atoms. The van der Waals surface area contributed by atoms with E-state index in [9.17, 15) is 9.18 Å². The summed E-state index contributed by atoms with van der Waals surface area (Å²) < 4.78 is 13.1. The maximum absolute atomic E-state index is 13.1. The number of hydrogen-bond acceptors (Lipinski definition) is 3. The van der Waals surface area contributed by atoms with Crippen molar-refractivity contribution in [2.75, 3.05) is 13.6 Å². The number of hydrogen-bond donors (Lipinski definition) is 2. The molecule has 1 heterocycles. The Kier molecular flexibility index (Phi) is 4.69. The summed E-state index contributed by atoms with van der Waals surface area (Å²) in [6.07, 6.45) is 0. The quantitative estimate of drug-likeness (QED) is 0.910. The fraction of sp³-hybridized carbons (Fsp3) is 0.278. The maximum Gasteiger partial charge on any atom is 0.229 e. The van der Waals surface area contributed by atoms with E-state index in [1.54, 1.807) is 17.0 Å². The van der Waals surface area contributed by atoms with Crippen LogP contribution in [0.2, 0.25) is 0 Å². The van der Waals surface area contributed by atoms with Crippen LogP contribution < -0.4 is 10.9 Å². The van der Waals surface area contributed by atoms with Gasteiger partial charge in [0.15, 0.2) is 0 Å². The van der Waals surface area contributed by atoms with Crippen LogP contribution in [0.1, 0.15) is 17.2 Å². The Hall–Kier alpha value is -2.24. The van der Waals surface area contributed by atoms with Crippen LogP contribution in [0.4, 0.5) is 4.39 Å². The molecule has 0 saturated carbocycles. The molecule has 0 spiro atoms. The van der Waals surface area contributed by atoms with Gasteiger partial charge in [-0.25, -0.2) is 9.82 Å². The van der Waals surface area contributed by atoms with Gasteiger partial charge in [0.05, 0.1) is 12.0 Å². The maximum atomic E-state index is 13.1. The molecule has 1 fully saturated rings. The summed E-state index contributed by atoms with van der Waals surface area (Å²) in [4.78, 5) is 14.5. The first-order valence-electron chi connectivity index (χ1n) is 7.68. The fourth-order valence-electron chi connectivity index (χ4n) is 2.93. The van der Waals surface area contributed by atoms with Crippen LogP contribution in [-0.4, -0.2) is 24.4 Å². The fourth-order valence-corrected chi connectivity index (χ4v) is 2.93. The standard InChI is InChI=1S/C18H20FN3O/c1-22(12-13-5-3-2-4-6-13)18(23)16-11-20-21-17(16)14-7-9-15(19)10-8-14/h2-10,16-17,20-21H,11-12H2,1H3. The number of nitrogens with zero attached hydrogens (tertiary/aromatic N) is 1. The number of rotatable bonds is 4. The number of hydrazine groups is 1. The number of nitrogens with one attached hydrogen (secondary N) is 2. The highest BCUT2D eigenvalue weighted by Gasteiger charge is 2.35. The average molecular weight is 313 g/mol. The number of benzene rings is 2. The molecule has 1 aliphatic heterocycles. The van der Waals surface area contributed by atoms with Crippen LogP contribution in [0.25, 0.3) is 0 Å². The smallest absolute Gasteiger partial charge is 0.229 e. The zero-order valence-corrected chi connectivity index (χ0v) is 13.0. The molecule has 3 rings (SSSR count). The van der Waals surface area contributed by atoms with Crippen molar-refractivity contribution in [3.05, 3.63) is 71.5 Å². The first-order chi connectivity index (χ1) is 11.1. The third kappa shape index (κ3) is 3.57. The van der Waals surface area contributed by atoms with Gasteiger partial charge < -0.3 is 4.90 Å². The minimum atomic E-state index is -0.274. The summed E-state index contributed by atoms with van der Waals surface area (Å²) in [5, 5.41) is 0. The molecular weight excluding hydrogens is 293 g/mol. The van der Waals surface area contributed by atoms with Crippen molar-refractivity contribution in [2.24, 2.45) is 5.92 Å². The van der Waals surface area contributed by atoms with E-state index < -0.39 is 0 Å². The van der Waals surface area contributed by atoms with E-state index in [4.69, 9.17) is 0 Å². The Morgan fingerprint density at radius 1 is 1.17 bits per heavy atom. The van der Waals surface area contributed by atoms with Gasteiger partial charge in [0.2, 0.25) is 5.91 Å². The Bertz CT molecular complexity index is 660. The van der Waals surface area contributed by atoms with E-state index in [1.807, 2.05) is 37.4 Å². The highest BCUT2D eigenvalue weighted by atomic mass is 19.1. The van der Waals surface area contributed by atoms with Gasteiger partial charge >= 0.3 is 0 Å². The van der Waals surface area contributed by atoms with Crippen LogP contribution in [-0.2, 0) is 11.3 Å². The lowest BCUT2D eigenvalue weighted by atomic mass is 9.93. The molecule has 2 unspecified atom stereocenters. The van der Waals surface area contributed by atoms with Gasteiger partial charge in [-0.3, -0.25) is 10.2 Å². The first-order valence-corrected chi connectivity index (χ1v) is 7.68. The molecule has 1 amide bonds. The molecule has 0 aliphatic carbocycles. The predicted octanol–water partition coefficient (Wildman–Crippen LogP) is 2.25. The van der Waals surface area contributed by atoms with Crippen LogP contribution in [0.15, 0.2) is 54.6 Å². The highest BCUT2D eigenvalue weighted by molar-refractivity contribution is 5.80. The number of carbonyl (C=O) groups is 1. The molecule has 120 valence electrons. The molecule has 1 aliphatic rings. The molecule has 4 nitrogen and oxygen atoms in total. The molecule has 2 aromatic rings. The lowest BCUT2D eigenvalue weighted by Crippen LogP contribution is -2.36. The van der Waals surface area contributed by atoms with Crippen molar-refractivity contribution in [2.45, 2.75) is 12.6 Å². The lowest BCUT2D eigenvalue weighted by molar-refractivity contribution is -0.134. The second kappa shape index (κ2) is 6.89. The van der Waals surface area contributed by atoms with Gasteiger partial charge in [-0.15, -0.1) is 0 Å². The number of carbonyl (C=O) groups excluding carboxylic acids is 1. The molecule has 2 atom stereocenters. The van der Waals surface area contributed by atoms with Crippen LogP contribution in [0.3, 0.4) is 0 Å². The second-order valence-corrected chi connectivity index (χ2v) is 5.84. The van der Waals surface area contributed by atoms with E-state index in [-0.39, 0.29) is 23.7 Å². The molecule has 23 heavy (non-hydrogen) atoms. The van der Waals surface area contributed by atoms with Crippen molar-refractivity contribution in [1.29, 1.82) is 0 Å². The van der Waals surface area contributed by atoms with E-state index in [0.717, 1.165) is 11.1 Å². The van der Waals surface area contributed by atoms with Crippen molar-refractivity contribution in [3.63, 3.8) is 0 Å². The third-order valence-electron chi connectivity index (χ3n) is 4.17. The SMILES string of the molecule is CN(Cc1ccccc1)C(=O)C1CNNC1c1ccc(F)cc1. The van der Waals surface area contributed by atoms with Gasteiger partial charge in [-0.05, 0) is 23.3 Å². The summed E-state index contributed by atoms with van der Waals surface area (Å²) in [7, 11) is 1.81. The largest absolute Gasteiger partial charge is 0.341 e. The third-order valence-corrected chi connectivity index (χ3v) is 4.17. The van der Waals surface area contributed by atoms with Crippen molar-refractivity contribution >= 4 is 5.91 Å². The van der Waals surface area contributed by atoms with Gasteiger partial charge in [0.1, 0.15) is 5.82 Å². The second-order valence-electron chi connectivity index (χ2n) is 5.84. The Morgan fingerprint density at radius 2 is 1.87 bits per heavy atom. The topological polar surface area (TPSA) is 44.4 Å². The molecule has 2 aromatic carbocycles. The minimum Gasteiger partial charge on any atom is -0.341 e. The van der Waals surface area contributed by atoms with E-state index in [1.165, 1.54) is 12.1 Å². The van der Waals surface area contributed by atoms with Crippen molar-refractivity contribution < 1.29 is 9.18 Å². The van der Waals surface area contributed by atoms with Crippen LogP contribution >= 0.6 is 0 Å². The number of amides is 1. The Morgan fingerprint density at radius 3 is 2.57 bits per heavy atom. The van der Waals surface area contributed by atoms with Crippen LogP contribution in [0.5, 0.6) is 0 Å². The normalized spacial score (nSPS) is 20.4. The summed E-state index contributed by atoms with van der Waals surface area (Å²) in [6.45, 7) is 1.13. The van der Waals surface area contributed by atoms with Gasteiger partial charge in [-0.1, -0.05) is 42.5 Å². The van der Waals surface area contributed by atoms with Crippen molar-refractivity contribution in [1.82, 2.24) is 15.8 Å². The summed E-state index contributed by atoms with van der Waals surface area (Å²) in [5.41, 5.74) is 8.17. The van der Waals surface area contributed by atoms with Crippen molar-refractivity contribution in [3.8, 4) is 0 Å². The van der Waals surface area contributed by atoms with Gasteiger partial charge in [0, 0.05) is 20.1 Å². The van der Waals surface area contributed by atoms with E-state index >= 15 is 0 Å². The Labute approximate surface area is 135 Å². The zero-order chi connectivity index (χ0) is 16.2. The summed E-state index contributed by atoms with van der Waals surface area (Å²) in [6, 6.07) is 16.0. The first kappa shape index (κ1) is 15.6. The number of halogens is 1. The molecule has 1 saturated heterocycles. The van der Waals surface area contributed by atoms with Gasteiger partial charge in [0.25, 0.3) is 0 Å². The lowest BCUT2D eigenvalue weighted by Gasteiger charge is -2.24. The van der Waals surface area contributed by atoms with Crippen LogP contribution in [0, 0.1) is 11.7 Å². The predicted molar refractivity (Wildman–Crippen MR) is 86.7 cm³/mol. The molecule has 5 heteroatoms. The Balaban J connectivity index is 1.71. The molecule has 0 aromatic heterocycles. The highest BCUT2D eigenvalue weighted by Crippen LogP contribution is 2.26. The minimum absolute atomic E-state index is 0.0701. The summed E-state index contributed by atoms with van der Waals surface area (Å²) in [5.74, 6) is -0.418. The molecule has 0 radical (unpaired) electrons. The van der Waals surface area contributed by atoms with Gasteiger partial charge in [-0.2, -0.15) is 0 Å².